The fraction of sp³-hybridized carbons (Fsp3) is 1.00. The van der Waals surface area contributed by atoms with Crippen LogP contribution >= 0.6 is 0 Å². The van der Waals surface area contributed by atoms with Gasteiger partial charge in [0.1, 0.15) is 0 Å². The Hall–Kier alpha value is 0.0169. The summed E-state index contributed by atoms with van der Waals surface area (Å²) in [5, 5.41) is 2.19. The molecule has 0 aliphatic heterocycles. The fourth-order valence-corrected chi connectivity index (χ4v) is 2.83. The Kier molecular flexibility index (Phi) is 9.10. The van der Waals surface area contributed by atoms with Crippen molar-refractivity contribution in [3.63, 3.8) is 0 Å². The van der Waals surface area contributed by atoms with Gasteiger partial charge in [-0.3, -0.25) is 5.43 Å². The molecule has 0 spiro atoms. The second-order valence-corrected chi connectivity index (χ2v) is 7.51. The van der Waals surface area contributed by atoms with E-state index in [0.717, 1.165) is 32.1 Å². The average Bonchev–Trinajstić information content (AvgIpc) is 2.33. The third-order valence-electron chi connectivity index (χ3n) is 2.78. The van der Waals surface area contributed by atoms with E-state index < -0.39 is 8.56 Å². The minimum absolute atomic E-state index is 0.666. The van der Waals surface area contributed by atoms with Crippen molar-refractivity contribution in [2.45, 2.75) is 25.9 Å². The SMILES string of the molecule is CCN(CCC[Si](C)(OC)OC)NCCN. The van der Waals surface area contributed by atoms with Crippen molar-refractivity contribution in [2.75, 3.05) is 40.4 Å². The Balaban J connectivity index is 3.76. The lowest BCUT2D eigenvalue weighted by molar-refractivity contribution is 0.195. The second kappa shape index (κ2) is 9.09. The molecule has 0 aliphatic rings. The number of hydrogen-bond donors (Lipinski definition) is 2. The van der Waals surface area contributed by atoms with Crippen LogP contribution in [-0.2, 0) is 8.85 Å². The lowest BCUT2D eigenvalue weighted by atomic mass is 10.4. The predicted molar refractivity (Wildman–Crippen MR) is 69.4 cm³/mol. The topological polar surface area (TPSA) is 59.8 Å². The summed E-state index contributed by atoms with van der Waals surface area (Å²) in [6, 6.07) is 1.01. The first-order valence-corrected chi connectivity index (χ1v) is 8.43. The van der Waals surface area contributed by atoms with E-state index in [1.165, 1.54) is 0 Å². The lowest BCUT2D eigenvalue weighted by Crippen LogP contribution is -2.42. The van der Waals surface area contributed by atoms with E-state index in [9.17, 15) is 0 Å². The van der Waals surface area contributed by atoms with Crippen LogP contribution in [0.2, 0.25) is 12.6 Å². The zero-order chi connectivity index (χ0) is 12.4. The molecular weight excluding hydrogens is 222 g/mol. The predicted octanol–water partition coefficient (Wildman–Crippen LogP) is 0.527. The smallest absolute Gasteiger partial charge is 0.334 e. The van der Waals surface area contributed by atoms with E-state index in [-0.39, 0.29) is 0 Å². The van der Waals surface area contributed by atoms with Crippen molar-refractivity contribution in [3.8, 4) is 0 Å². The van der Waals surface area contributed by atoms with Crippen LogP contribution in [0.25, 0.3) is 0 Å². The van der Waals surface area contributed by atoms with Crippen LogP contribution in [0.15, 0.2) is 0 Å². The molecule has 6 heteroatoms. The Labute approximate surface area is 100 Å². The molecule has 0 atom stereocenters. The zero-order valence-electron chi connectivity index (χ0n) is 11.1. The third kappa shape index (κ3) is 6.57. The maximum absolute atomic E-state index is 5.45. The molecule has 3 N–H and O–H groups in total. The molecule has 98 valence electrons. The van der Waals surface area contributed by atoms with E-state index in [0.29, 0.717) is 6.54 Å². The van der Waals surface area contributed by atoms with Gasteiger partial charge in [0, 0.05) is 40.4 Å². The highest BCUT2D eigenvalue weighted by Crippen LogP contribution is 2.13. The Bertz CT molecular complexity index is 168. The van der Waals surface area contributed by atoms with Gasteiger partial charge in [0.25, 0.3) is 0 Å². The number of nitrogens with two attached hydrogens (primary N) is 1. The van der Waals surface area contributed by atoms with E-state index in [2.05, 4.69) is 23.9 Å². The van der Waals surface area contributed by atoms with Crippen molar-refractivity contribution in [1.29, 1.82) is 0 Å². The Morgan fingerprint density at radius 3 is 2.38 bits per heavy atom. The van der Waals surface area contributed by atoms with Gasteiger partial charge >= 0.3 is 8.56 Å². The Morgan fingerprint density at radius 1 is 1.31 bits per heavy atom. The minimum atomic E-state index is -1.89. The third-order valence-corrected chi connectivity index (χ3v) is 5.77. The minimum Gasteiger partial charge on any atom is -0.398 e. The van der Waals surface area contributed by atoms with Crippen molar-refractivity contribution in [1.82, 2.24) is 10.4 Å². The molecule has 0 saturated heterocycles. The molecule has 0 amide bonds. The van der Waals surface area contributed by atoms with Gasteiger partial charge in [-0.15, -0.1) is 0 Å². The zero-order valence-corrected chi connectivity index (χ0v) is 12.1. The highest BCUT2D eigenvalue weighted by Gasteiger charge is 2.27. The van der Waals surface area contributed by atoms with Gasteiger partial charge in [0.05, 0.1) is 0 Å². The van der Waals surface area contributed by atoms with Crippen LogP contribution in [-0.4, -0.2) is 54.0 Å². The van der Waals surface area contributed by atoms with Crippen LogP contribution in [0.3, 0.4) is 0 Å². The van der Waals surface area contributed by atoms with Gasteiger partial charge in [-0.05, 0) is 19.0 Å². The lowest BCUT2D eigenvalue weighted by Gasteiger charge is -2.25. The summed E-state index contributed by atoms with van der Waals surface area (Å²) >= 11 is 0. The summed E-state index contributed by atoms with van der Waals surface area (Å²) in [4.78, 5) is 0. The largest absolute Gasteiger partial charge is 0.398 e. The van der Waals surface area contributed by atoms with Crippen LogP contribution in [0.5, 0.6) is 0 Å². The first-order valence-electron chi connectivity index (χ1n) is 5.90. The molecule has 0 unspecified atom stereocenters. The Morgan fingerprint density at radius 2 is 1.94 bits per heavy atom. The van der Waals surface area contributed by atoms with Gasteiger partial charge in [-0.1, -0.05) is 6.92 Å². The molecule has 0 aliphatic carbocycles. The van der Waals surface area contributed by atoms with Crippen molar-refractivity contribution >= 4 is 8.56 Å². The first-order chi connectivity index (χ1) is 7.61. The summed E-state index contributed by atoms with van der Waals surface area (Å²) in [5.41, 5.74) is 8.73. The first kappa shape index (κ1) is 16.0. The molecule has 0 radical (unpaired) electrons. The fourth-order valence-electron chi connectivity index (χ4n) is 1.45. The van der Waals surface area contributed by atoms with Crippen molar-refractivity contribution < 1.29 is 8.85 Å². The van der Waals surface area contributed by atoms with E-state index in [1.54, 1.807) is 14.2 Å². The molecule has 0 aromatic heterocycles. The highest BCUT2D eigenvalue weighted by molar-refractivity contribution is 6.65. The average molecular weight is 249 g/mol. The molecule has 0 saturated carbocycles. The molecule has 0 rings (SSSR count). The van der Waals surface area contributed by atoms with Crippen LogP contribution < -0.4 is 11.2 Å². The van der Waals surface area contributed by atoms with Gasteiger partial charge < -0.3 is 14.6 Å². The van der Waals surface area contributed by atoms with Gasteiger partial charge in [-0.2, -0.15) is 0 Å². The monoisotopic (exact) mass is 249 g/mol. The van der Waals surface area contributed by atoms with Gasteiger partial charge in [-0.25, -0.2) is 5.01 Å². The summed E-state index contributed by atoms with van der Waals surface area (Å²) in [6.07, 6.45) is 1.08. The van der Waals surface area contributed by atoms with Crippen molar-refractivity contribution in [2.24, 2.45) is 5.73 Å². The van der Waals surface area contributed by atoms with E-state index in [1.807, 2.05) is 0 Å². The van der Waals surface area contributed by atoms with E-state index >= 15 is 0 Å². The summed E-state index contributed by atoms with van der Waals surface area (Å²) in [5.74, 6) is 0. The van der Waals surface area contributed by atoms with Crippen LogP contribution in [0, 0.1) is 0 Å². The van der Waals surface area contributed by atoms with Crippen molar-refractivity contribution in [3.05, 3.63) is 0 Å². The summed E-state index contributed by atoms with van der Waals surface area (Å²) < 4.78 is 10.9. The molecule has 0 fully saturated rings. The maximum Gasteiger partial charge on any atom is 0.334 e. The standard InChI is InChI=1S/C10H27N3O2Si/c1-5-13(12-8-7-11)9-6-10-16(4,14-2)15-3/h12H,5-11H2,1-4H3. The molecule has 0 bridgehead atoms. The number of hydrogen-bond acceptors (Lipinski definition) is 5. The normalized spacial score (nSPS) is 12.4. The molecule has 0 aromatic rings. The summed E-state index contributed by atoms with van der Waals surface area (Å²) in [7, 11) is 1.58. The molecular formula is C10H27N3O2Si. The molecule has 0 aromatic carbocycles. The molecule has 16 heavy (non-hydrogen) atoms. The summed E-state index contributed by atoms with van der Waals surface area (Å²) in [6.45, 7) is 7.71. The highest BCUT2D eigenvalue weighted by atomic mass is 28.4. The number of rotatable bonds is 10. The van der Waals surface area contributed by atoms with Gasteiger partial charge in [0.2, 0.25) is 0 Å². The van der Waals surface area contributed by atoms with E-state index in [4.69, 9.17) is 14.6 Å². The molecule has 0 heterocycles. The number of hydrazine groups is 1. The van der Waals surface area contributed by atoms with Crippen LogP contribution in [0.4, 0.5) is 0 Å². The number of nitrogens with zero attached hydrogens (tertiary/aromatic N) is 1. The van der Waals surface area contributed by atoms with Crippen LogP contribution in [0.1, 0.15) is 13.3 Å². The quantitative estimate of drug-likeness (QED) is 0.437. The van der Waals surface area contributed by atoms with Gasteiger partial charge in [0.15, 0.2) is 0 Å². The molecule has 5 nitrogen and oxygen atoms in total. The second-order valence-electron chi connectivity index (χ2n) is 3.92. The maximum atomic E-state index is 5.45. The number of nitrogens with one attached hydrogen (secondary N) is 1.